The molecule has 0 heterocycles. The molecule has 0 spiro atoms. The topological polar surface area (TPSA) is 12.4 Å². The SMILES string of the molecule is CN=C1C=CC(F)CC1. The summed E-state index contributed by atoms with van der Waals surface area (Å²) in [6.45, 7) is 0. The average Bonchev–Trinajstić information content (AvgIpc) is 1.90. The van der Waals surface area contributed by atoms with Gasteiger partial charge in [-0.15, -0.1) is 0 Å². The van der Waals surface area contributed by atoms with Gasteiger partial charge in [-0.05, 0) is 25.0 Å². The molecule has 0 radical (unpaired) electrons. The zero-order valence-corrected chi connectivity index (χ0v) is 5.47. The van der Waals surface area contributed by atoms with Crippen LogP contribution in [0.25, 0.3) is 0 Å². The van der Waals surface area contributed by atoms with Crippen molar-refractivity contribution in [1.82, 2.24) is 0 Å². The van der Waals surface area contributed by atoms with Crippen LogP contribution in [0, 0.1) is 0 Å². The Morgan fingerprint density at radius 2 is 2.56 bits per heavy atom. The molecular weight excluding hydrogens is 117 g/mol. The molecule has 0 saturated heterocycles. The summed E-state index contributed by atoms with van der Waals surface area (Å²) in [5.41, 5.74) is 1.00. The largest absolute Gasteiger partial charge is 0.293 e. The van der Waals surface area contributed by atoms with Crippen molar-refractivity contribution in [2.45, 2.75) is 19.0 Å². The van der Waals surface area contributed by atoms with Gasteiger partial charge >= 0.3 is 0 Å². The summed E-state index contributed by atoms with van der Waals surface area (Å²) >= 11 is 0. The van der Waals surface area contributed by atoms with Crippen LogP contribution >= 0.6 is 0 Å². The van der Waals surface area contributed by atoms with E-state index in [1.54, 1.807) is 19.2 Å². The maximum Gasteiger partial charge on any atom is 0.119 e. The van der Waals surface area contributed by atoms with E-state index < -0.39 is 6.17 Å². The van der Waals surface area contributed by atoms with Gasteiger partial charge in [-0.2, -0.15) is 0 Å². The Labute approximate surface area is 54.3 Å². The third-order valence-corrected chi connectivity index (χ3v) is 1.46. The minimum atomic E-state index is -0.740. The minimum Gasteiger partial charge on any atom is -0.293 e. The van der Waals surface area contributed by atoms with Crippen LogP contribution < -0.4 is 0 Å². The molecule has 0 aromatic rings. The van der Waals surface area contributed by atoms with Crippen LogP contribution in [0.15, 0.2) is 17.1 Å². The number of hydrogen-bond donors (Lipinski definition) is 0. The quantitative estimate of drug-likeness (QED) is 0.470. The second-order valence-electron chi connectivity index (χ2n) is 2.13. The van der Waals surface area contributed by atoms with Gasteiger partial charge < -0.3 is 0 Å². The Kier molecular flexibility index (Phi) is 1.98. The highest BCUT2D eigenvalue weighted by Crippen LogP contribution is 2.11. The summed E-state index contributed by atoms with van der Waals surface area (Å²) in [6, 6.07) is 0. The van der Waals surface area contributed by atoms with Gasteiger partial charge in [-0.3, -0.25) is 4.99 Å². The zero-order chi connectivity index (χ0) is 6.69. The Balaban J connectivity index is 2.58. The molecule has 1 unspecified atom stereocenters. The molecule has 0 aromatic heterocycles. The van der Waals surface area contributed by atoms with Crippen LogP contribution in [0.4, 0.5) is 4.39 Å². The fourth-order valence-corrected chi connectivity index (χ4v) is 0.867. The maximum atomic E-state index is 12.4. The van der Waals surface area contributed by atoms with E-state index in [1.807, 2.05) is 0 Å². The molecule has 0 amide bonds. The van der Waals surface area contributed by atoms with Crippen molar-refractivity contribution < 1.29 is 4.39 Å². The molecule has 0 aromatic carbocycles. The molecule has 0 N–H and O–H groups in total. The molecule has 1 atom stereocenters. The molecule has 0 fully saturated rings. The fourth-order valence-electron chi connectivity index (χ4n) is 0.867. The lowest BCUT2D eigenvalue weighted by Crippen LogP contribution is -2.07. The monoisotopic (exact) mass is 127 g/mol. The van der Waals surface area contributed by atoms with E-state index in [-0.39, 0.29) is 0 Å². The first kappa shape index (κ1) is 6.46. The maximum absolute atomic E-state index is 12.4. The van der Waals surface area contributed by atoms with Gasteiger partial charge in [0.25, 0.3) is 0 Å². The lowest BCUT2D eigenvalue weighted by molar-refractivity contribution is 0.380. The van der Waals surface area contributed by atoms with Gasteiger partial charge in [0.1, 0.15) is 6.17 Å². The zero-order valence-electron chi connectivity index (χ0n) is 5.47. The number of alkyl halides is 1. The molecule has 0 bridgehead atoms. The smallest absolute Gasteiger partial charge is 0.119 e. The molecule has 0 aliphatic heterocycles. The van der Waals surface area contributed by atoms with E-state index in [0.29, 0.717) is 6.42 Å². The van der Waals surface area contributed by atoms with Gasteiger partial charge in [0, 0.05) is 12.8 Å². The van der Waals surface area contributed by atoms with Gasteiger partial charge in [0.2, 0.25) is 0 Å². The number of nitrogens with zero attached hydrogens (tertiary/aromatic N) is 1. The third-order valence-electron chi connectivity index (χ3n) is 1.46. The van der Waals surface area contributed by atoms with Crippen LogP contribution in [0.3, 0.4) is 0 Å². The number of allylic oxidation sites excluding steroid dienone is 2. The van der Waals surface area contributed by atoms with Gasteiger partial charge in [-0.1, -0.05) is 0 Å². The Morgan fingerprint density at radius 1 is 1.78 bits per heavy atom. The van der Waals surface area contributed by atoms with Crippen molar-refractivity contribution >= 4 is 5.71 Å². The third kappa shape index (κ3) is 1.63. The second kappa shape index (κ2) is 2.76. The Bertz CT molecular complexity index is 149. The van der Waals surface area contributed by atoms with E-state index in [4.69, 9.17) is 0 Å². The Morgan fingerprint density at radius 3 is 3.00 bits per heavy atom. The molecule has 1 aliphatic carbocycles. The van der Waals surface area contributed by atoms with Crippen LogP contribution in [0.2, 0.25) is 0 Å². The van der Waals surface area contributed by atoms with Gasteiger partial charge in [-0.25, -0.2) is 4.39 Å². The lowest BCUT2D eigenvalue weighted by Gasteiger charge is -2.08. The van der Waals surface area contributed by atoms with Crippen molar-refractivity contribution in [3.05, 3.63) is 12.2 Å². The van der Waals surface area contributed by atoms with Crippen LogP contribution in [-0.2, 0) is 0 Å². The van der Waals surface area contributed by atoms with Gasteiger partial charge in [0.05, 0.1) is 0 Å². The molecular formula is C7H10FN. The number of hydrogen-bond acceptors (Lipinski definition) is 1. The number of rotatable bonds is 0. The van der Waals surface area contributed by atoms with Crippen molar-refractivity contribution in [3.8, 4) is 0 Å². The van der Waals surface area contributed by atoms with E-state index in [0.717, 1.165) is 12.1 Å². The van der Waals surface area contributed by atoms with Gasteiger partial charge in [0.15, 0.2) is 0 Å². The first-order valence-electron chi connectivity index (χ1n) is 3.11. The second-order valence-corrected chi connectivity index (χ2v) is 2.13. The molecule has 9 heavy (non-hydrogen) atoms. The summed E-state index contributed by atoms with van der Waals surface area (Å²) in [4.78, 5) is 3.95. The standard InChI is InChI=1S/C7H10FN/c1-9-7-4-2-6(8)3-5-7/h2,4,6H,3,5H2,1H3. The van der Waals surface area contributed by atoms with Crippen LogP contribution in [0.5, 0.6) is 0 Å². The van der Waals surface area contributed by atoms with E-state index in [9.17, 15) is 4.39 Å². The van der Waals surface area contributed by atoms with E-state index in [1.165, 1.54) is 0 Å². The summed E-state index contributed by atoms with van der Waals surface area (Å²) in [6.07, 6.45) is 3.97. The first-order chi connectivity index (χ1) is 4.33. The van der Waals surface area contributed by atoms with Crippen molar-refractivity contribution in [2.24, 2.45) is 4.99 Å². The summed E-state index contributed by atoms with van der Waals surface area (Å²) in [5.74, 6) is 0. The summed E-state index contributed by atoms with van der Waals surface area (Å²) in [5, 5.41) is 0. The molecule has 2 heteroatoms. The Hall–Kier alpha value is -0.660. The predicted molar refractivity (Wildman–Crippen MR) is 36.6 cm³/mol. The molecule has 0 saturated carbocycles. The highest BCUT2D eigenvalue weighted by molar-refractivity contribution is 5.95. The first-order valence-corrected chi connectivity index (χ1v) is 3.11. The fraction of sp³-hybridized carbons (Fsp3) is 0.571. The molecule has 1 nitrogen and oxygen atoms in total. The average molecular weight is 127 g/mol. The molecule has 50 valence electrons. The number of halogens is 1. The van der Waals surface area contributed by atoms with Crippen molar-refractivity contribution in [1.29, 1.82) is 0 Å². The summed E-state index contributed by atoms with van der Waals surface area (Å²) < 4.78 is 12.4. The van der Waals surface area contributed by atoms with Crippen molar-refractivity contribution in [2.75, 3.05) is 7.05 Å². The summed E-state index contributed by atoms with van der Waals surface area (Å²) in [7, 11) is 1.73. The lowest BCUT2D eigenvalue weighted by atomic mass is 10.0. The van der Waals surface area contributed by atoms with E-state index >= 15 is 0 Å². The normalized spacial score (nSPS) is 31.3. The minimum absolute atomic E-state index is 0.600. The van der Waals surface area contributed by atoms with E-state index in [2.05, 4.69) is 4.99 Å². The molecule has 1 rings (SSSR count). The highest BCUT2D eigenvalue weighted by atomic mass is 19.1. The predicted octanol–water partition coefficient (Wildman–Crippen LogP) is 1.75. The van der Waals surface area contributed by atoms with Crippen LogP contribution in [0.1, 0.15) is 12.8 Å². The van der Waals surface area contributed by atoms with Crippen molar-refractivity contribution in [3.63, 3.8) is 0 Å². The number of aliphatic imine (C=N–C) groups is 1. The molecule has 1 aliphatic rings. The van der Waals surface area contributed by atoms with Crippen LogP contribution in [-0.4, -0.2) is 18.9 Å². The highest BCUT2D eigenvalue weighted by Gasteiger charge is 2.08.